The standard InChI is InChI=1S/C17H21ClFN3O/c1-16(9-18)7-6-14(8-13-2-4-15(19)5-3-13)17(16,23)10-22-12-20-11-21-22/h2-5,11-12,14,23H,6-10H2,1H3/t14-,16+,17-/m1/s1. The maximum Gasteiger partial charge on any atom is 0.137 e. The monoisotopic (exact) mass is 337 g/mol. The van der Waals surface area contributed by atoms with Crippen molar-refractivity contribution in [1.82, 2.24) is 14.8 Å². The van der Waals surface area contributed by atoms with Gasteiger partial charge in [0.15, 0.2) is 0 Å². The summed E-state index contributed by atoms with van der Waals surface area (Å²) in [7, 11) is 0. The zero-order valence-corrected chi connectivity index (χ0v) is 13.9. The summed E-state index contributed by atoms with van der Waals surface area (Å²) in [6.45, 7) is 2.39. The minimum Gasteiger partial charge on any atom is -0.387 e. The van der Waals surface area contributed by atoms with Gasteiger partial charge in [0.05, 0.1) is 12.1 Å². The summed E-state index contributed by atoms with van der Waals surface area (Å²) in [5.74, 6) is 0.183. The van der Waals surface area contributed by atoms with Gasteiger partial charge < -0.3 is 5.11 Å². The van der Waals surface area contributed by atoms with Gasteiger partial charge in [-0.2, -0.15) is 5.10 Å². The Morgan fingerprint density at radius 2 is 2.13 bits per heavy atom. The lowest BCUT2D eigenvalue weighted by molar-refractivity contribution is -0.0891. The molecular weight excluding hydrogens is 317 g/mol. The summed E-state index contributed by atoms with van der Waals surface area (Å²) in [6.07, 6.45) is 5.50. The number of hydrogen-bond acceptors (Lipinski definition) is 3. The van der Waals surface area contributed by atoms with Crippen LogP contribution in [0.5, 0.6) is 0 Å². The molecule has 1 fully saturated rings. The SMILES string of the molecule is C[C@@]1(CCl)CC[C@H](Cc2ccc(F)cc2)[C@]1(O)Cn1cncn1. The van der Waals surface area contributed by atoms with Gasteiger partial charge in [0, 0.05) is 11.3 Å². The Kier molecular flexibility index (Phi) is 4.43. The molecule has 4 nitrogen and oxygen atoms in total. The van der Waals surface area contributed by atoms with Crippen molar-refractivity contribution in [3.63, 3.8) is 0 Å². The highest BCUT2D eigenvalue weighted by Gasteiger charge is 2.56. The molecule has 0 aliphatic heterocycles. The van der Waals surface area contributed by atoms with Crippen molar-refractivity contribution in [3.05, 3.63) is 48.3 Å². The summed E-state index contributed by atoms with van der Waals surface area (Å²) < 4.78 is 14.8. The number of hydrogen-bond donors (Lipinski definition) is 1. The van der Waals surface area contributed by atoms with Crippen LogP contribution in [-0.2, 0) is 13.0 Å². The first-order valence-electron chi connectivity index (χ1n) is 7.82. The van der Waals surface area contributed by atoms with Crippen molar-refractivity contribution in [3.8, 4) is 0 Å². The molecule has 0 saturated heterocycles. The molecule has 1 heterocycles. The van der Waals surface area contributed by atoms with Crippen LogP contribution in [0.3, 0.4) is 0 Å². The second-order valence-corrected chi connectivity index (χ2v) is 7.05. The van der Waals surface area contributed by atoms with E-state index in [0.717, 1.165) is 18.4 Å². The van der Waals surface area contributed by atoms with Gasteiger partial charge in [0.25, 0.3) is 0 Å². The van der Waals surface area contributed by atoms with Crippen molar-refractivity contribution in [2.24, 2.45) is 11.3 Å². The Hall–Kier alpha value is -1.46. The molecule has 0 amide bonds. The Morgan fingerprint density at radius 3 is 2.74 bits per heavy atom. The van der Waals surface area contributed by atoms with Crippen molar-refractivity contribution < 1.29 is 9.50 Å². The van der Waals surface area contributed by atoms with Gasteiger partial charge in [-0.15, -0.1) is 11.6 Å². The van der Waals surface area contributed by atoms with Crippen LogP contribution in [0.25, 0.3) is 0 Å². The van der Waals surface area contributed by atoms with Crippen molar-refractivity contribution in [2.45, 2.75) is 38.3 Å². The largest absolute Gasteiger partial charge is 0.387 e. The summed E-state index contributed by atoms with van der Waals surface area (Å²) >= 11 is 6.21. The highest BCUT2D eigenvalue weighted by atomic mass is 35.5. The van der Waals surface area contributed by atoms with E-state index >= 15 is 0 Å². The number of rotatable bonds is 5. The summed E-state index contributed by atoms with van der Waals surface area (Å²) in [5.41, 5.74) is -0.338. The van der Waals surface area contributed by atoms with Gasteiger partial charge in [-0.3, -0.25) is 4.68 Å². The van der Waals surface area contributed by atoms with E-state index in [9.17, 15) is 9.50 Å². The summed E-state index contributed by atoms with van der Waals surface area (Å²) in [5, 5.41) is 15.6. The van der Waals surface area contributed by atoms with Crippen LogP contribution >= 0.6 is 11.6 Å². The van der Waals surface area contributed by atoms with Crippen LogP contribution in [0, 0.1) is 17.2 Å². The van der Waals surface area contributed by atoms with Crippen LogP contribution in [0.1, 0.15) is 25.3 Å². The first-order valence-corrected chi connectivity index (χ1v) is 8.35. The van der Waals surface area contributed by atoms with Gasteiger partial charge in [-0.1, -0.05) is 19.1 Å². The number of aromatic nitrogens is 3. The smallest absolute Gasteiger partial charge is 0.137 e. The predicted molar refractivity (Wildman–Crippen MR) is 86.6 cm³/mol. The van der Waals surface area contributed by atoms with Crippen LogP contribution in [0.4, 0.5) is 4.39 Å². The minimum atomic E-state index is -0.975. The number of alkyl halides is 1. The Morgan fingerprint density at radius 1 is 1.39 bits per heavy atom. The first kappa shape index (κ1) is 16.4. The molecule has 23 heavy (non-hydrogen) atoms. The number of nitrogens with zero attached hydrogens (tertiary/aromatic N) is 3. The molecule has 1 aromatic heterocycles. The van der Waals surface area contributed by atoms with Gasteiger partial charge in [-0.05, 0) is 42.9 Å². The van der Waals surface area contributed by atoms with Crippen LogP contribution < -0.4 is 0 Å². The molecule has 0 unspecified atom stereocenters. The topological polar surface area (TPSA) is 50.9 Å². The fraction of sp³-hybridized carbons (Fsp3) is 0.529. The molecule has 2 aromatic rings. The second kappa shape index (κ2) is 6.21. The molecule has 0 bridgehead atoms. The molecule has 0 spiro atoms. The lowest BCUT2D eigenvalue weighted by atomic mass is 9.72. The Labute approximate surface area is 140 Å². The van der Waals surface area contributed by atoms with Crippen LogP contribution in [0.2, 0.25) is 0 Å². The Bertz CT molecular complexity index is 648. The number of benzene rings is 1. The van der Waals surface area contributed by atoms with Crippen molar-refractivity contribution in [2.75, 3.05) is 5.88 Å². The summed E-state index contributed by atoms with van der Waals surface area (Å²) in [6, 6.07) is 6.48. The predicted octanol–water partition coefficient (Wildman–Crippen LogP) is 3.05. The third kappa shape index (κ3) is 3.00. The Balaban J connectivity index is 1.87. The van der Waals surface area contributed by atoms with Crippen LogP contribution in [0.15, 0.2) is 36.9 Å². The molecule has 1 saturated carbocycles. The van der Waals surface area contributed by atoms with Crippen molar-refractivity contribution in [1.29, 1.82) is 0 Å². The second-order valence-electron chi connectivity index (χ2n) is 6.78. The molecule has 1 aliphatic rings. The maximum absolute atomic E-state index is 13.1. The van der Waals surface area contributed by atoms with E-state index in [1.54, 1.807) is 23.1 Å². The molecule has 6 heteroatoms. The van der Waals surface area contributed by atoms with Crippen molar-refractivity contribution >= 4 is 11.6 Å². The van der Waals surface area contributed by atoms with E-state index in [-0.39, 0.29) is 17.2 Å². The number of aliphatic hydroxyl groups is 1. The van der Waals surface area contributed by atoms with E-state index in [1.165, 1.54) is 18.5 Å². The lowest BCUT2D eigenvalue weighted by Crippen LogP contribution is -2.51. The van der Waals surface area contributed by atoms with E-state index in [4.69, 9.17) is 11.6 Å². The summed E-state index contributed by atoms with van der Waals surface area (Å²) in [4.78, 5) is 3.95. The third-order valence-corrected chi connectivity index (χ3v) is 5.91. The number of halogens is 2. The van der Waals surface area contributed by atoms with Gasteiger partial charge in [-0.25, -0.2) is 9.37 Å². The van der Waals surface area contributed by atoms with Crippen LogP contribution in [-0.4, -0.2) is 31.4 Å². The minimum absolute atomic E-state index is 0.0425. The lowest BCUT2D eigenvalue weighted by Gasteiger charge is -2.42. The quantitative estimate of drug-likeness (QED) is 0.853. The maximum atomic E-state index is 13.1. The first-order chi connectivity index (χ1) is 11.0. The fourth-order valence-electron chi connectivity index (χ4n) is 3.68. The van der Waals surface area contributed by atoms with Gasteiger partial charge in [0.1, 0.15) is 18.5 Å². The molecule has 1 aliphatic carbocycles. The molecule has 124 valence electrons. The molecular formula is C17H21ClFN3O. The molecule has 1 aromatic carbocycles. The molecule has 1 N–H and O–H groups in total. The normalized spacial score (nSPS) is 30.7. The average molecular weight is 338 g/mol. The fourth-order valence-corrected chi connectivity index (χ4v) is 4.05. The highest BCUT2D eigenvalue weighted by Crippen LogP contribution is 2.52. The van der Waals surface area contributed by atoms with E-state index in [0.29, 0.717) is 18.8 Å². The third-order valence-electron chi connectivity index (χ3n) is 5.33. The zero-order valence-electron chi connectivity index (χ0n) is 13.1. The molecule has 0 radical (unpaired) electrons. The van der Waals surface area contributed by atoms with E-state index in [2.05, 4.69) is 10.1 Å². The van der Waals surface area contributed by atoms with Gasteiger partial charge >= 0.3 is 0 Å². The molecule has 3 rings (SSSR count). The average Bonchev–Trinajstić information content (AvgIpc) is 3.12. The van der Waals surface area contributed by atoms with E-state index < -0.39 is 5.60 Å². The highest BCUT2D eigenvalue weighted by molar-refractivity contribution is 6.18. The molecule has 3 atom stereocenters. The van der Waals surface area contributed by atoms with E-state index in [1.807, 2.05) is 6.92 Å². The van der Waals surface area contributed by atoms with Gasteiger partial charge in [0.2, 0.25) is 0 Å². The zero-order chi connectivity index (χ0) is 16.5.